The van der Waals surface area contributed by atoms with Gasteiger partial charge in [0.15, 0.2) is 0 Å². The third-order valence-electron chi connectivity index (χ3n) is 3.75. The summed E-state index contributed by atoms with van der Waals surface area (Å²) < 4.78 is 0. The van der Waals surface area contributed by atoms with Gasteiger partial charge in [-0.1, -0.05) is 32.0 Å². The van der Waals surface area contributed by atoms with Crippen LogP contribution in [0.15, 0.2) is 24.3 Å². The lowest BCUT2D eigenvalue weighted by atomic mass is 10.0. The maximum absolute atomic E-state index is 12.5. The van der Waals surface area contributed by atoms with E-state index in [-0.39, 0.29) is 30.4 Å². The molecule has 1 heterocycles. The molecule has 1 aromatic rings. The van der Waals surface area contributed by atoms with E-state index in [9.17, 15) is 9.59 Å². The van der Waals surface area contributed by atoms with Crippen LogP contribution < -0.4 is 5.32 Å². The zero-order valence-electron chi connectivity index (χ0n) is 12.7. The summed E-state index contributed by atoms with van der Waals surface area (Å²) in [6.07, 6.45) is 0. The van der Waals surface area contributed by atoms with E-state index in [1.54, 1.807) is 17.9 Å². The number of carbonyl (C=O) groups is 2. The lowest BCUT2D eigenvalue weighted by Crippen LogP contribution is -2.52. The molecule has 0 aliphatic carbocycles. The van der Waals surface area contributed by atoms with Crippen LogP contribution in [0, 0.1) is 5.92 Å². The highest BCUT2D eigenvalue weighted by molar-refractivity contribution is 6.01. The fourth-order valence-electron chi connectivity index (χ4n) is 2.68. The average Bonchev–Trinajstić information content (AvgIpc) is 2.76. The van der Waals surface area contributed by atoms with Crippen molar-refractivity contribution in [2.75, 3.05) is 6.61 Å². The molecule has 1 aromatic carbocycles. The Morgan fingerprint density at radius 1 is 1.33 bits per heavy atom. The van der Waals surface area contributed by atoms with Crippen LogP contribution in [0.25, 0.3) is 0 Å². The Morgan fingerprint density at radius 2 is 2.00 bits per heavy atom. The van der Waals surface area contributed by atoms with Gasteiger partial charge in [0.05, 0.1) is 6.61 Å². The number of nitrogens with one attached hydrogen (secondary N) is 1. The van der Waals surface area contributed by atoms with Crippen LogP contribution in [-0.2, 0) is 11.3 Å². The largest absolute Gasteiger partial charge is 0.394 e. The third-order valence-corrected chi connectivity index (χ3v) is 3.75. The Balaban J connectivity index is 2.21. The SMILES string of the molecule is CC(C)[C@@H](C(=O)N[C@H](C)CO)N1Cc2ccccc2C1=O. The Kier molecular flexibility index (Phi) is 4.63. The van der Waals surface area contributed by atoms with E-state index in [1.165, 1.54) is 0 Å². The Labute approximate surface area is 125 Å². The first-order chi connectivity index (χ1) is 9.95. The molecular formula is C16H22N2O3. The third kappa shape index (κ3) is 3.08. The number of benzene rings is 1. The van der Waals surface area contributed by atoms with E-state index < -0.39 is 6.04 Å². The quantitative estimate of drug-likeness (QED) is 0.855. The van der Waals surface area contributed by atoms with Crippen molar-refractivity contribution in [3.8, 4) is 0 Å². The van der Waals surface area contributed by atoms with Crippen LogP contribution in [0.2, 0.25) is 0 Å². The number of fused-ring (bicyclic) bond motifs is 1. The smallest absolute Gasteiger partial charge is 0.255 e. The fraction of sp³-hybridized carbons (Fsp3) is 0.500. The summed E-state index contributed by atoms with van der Waals surface area (Å²) in [6, 6.07) is 6.59. The number of hydrogen-bond acceptors (Lipinski definition) is 3. The number of rotatable bonds is 5. The topological polar surface area (TPSA) is 69.6 Å². The maximum Gasteiger partial charge on any atom is 0.255 e. The van der Waals surface area contributed by atoms with Crippen LogP contribution in [0.5, 0.6) is 0 Å². The van der Waals surface area contributed by atoms with Crippen molar-refractivity contribution < 1.29 is 14.7 Å². The molecule has 114 valence electrons. The fourth-order valence-corrected chi connectivity index (χ4v) is 2.68. The summed E-state index contributed by atoms with van der Waals surface area (Å²) in [5.41, 5.74) is 1.63. The Bertz CT molecular complexity index is 542. The first-order valence-electron chi connectivity index (χ1n) is 7.25. The summed E-state index contributed by atoms with van der Waals surface area (Å²) >= 11 is 0. The number of aliphatic hydroxyl groups excluding tert-OH is 1. The van der Waals surface area contributed by atoms with Gasteiger partial charge in [0, 0.05) is 18.2 Å². The van der Waals surface area contributed by atoms with E-state index in [0.29, 0.717) is 12.1 Å². The van der Waals surface area contributed by atoms with Crippen molar-refractivity contribution in [3.05, 3.63) is 35.4 Å². The molecule has 5 heteroatoms. The molecule has 1 aliphatic heterocycles. The van der Waals surface area contributed by atoms with Crippen molar-refractivity contribution in [3.63, 3.8) is 0 Å². The van der Waals surface area contributed by atoms with Crippen molar-refractivity contribution in [1.29, 1.82) is 0 Å². The molecule has 2 rings (SSSR count). The normalized spacial score (nSPS) is 16.8. The first-order valence-corrected chi connectivity index (χ1v) is 7.25. The maximum atomic E-state index is 12.5. The first kappa shape index (κ1) is 15.5. The number of aliphatic hydroxyl groups is 1. The minimum absolute atomic E-state index is 0.00541. The van der Waals surface area contributed by atoms with E-state index in [4.69, 9.17) is 5.11 Å². The van der Waals surface area contributed by atoms with Crippen molar-refractivity contribution >= 4 is 11.8 Å². The van der Waals surface area contributed by atoms with E-state index in [0.717, 1.165) is 5.56 Å². The standard InChI is InChI=1S/C16H22N2O3/c1-10(2)14(15(20)17-11(3)9-19)18-8-12-6-4-5-7-13(12)16(18)21/h4-7,10-11,14,19H,8-9H2,1-3H3,(H,17,20)/t11-,14+/m1/s1. The van der Waals surface area contributed by atoms with E-state index >= 15 is 0 Å². The molecule has 0 fully saturated rings. The molecule has 2 amide bonds. The van der Waals surface area contributed by atoms with Crippen molar-refractivity contribution in [1.82, 2.24) is 10.2 Å². The molecule has 0 saturated carbocycles. The van der Waals surface area contributed by atoms with Crippen LogP contribution in [-0.4, -0.2) is 40.5 Å². The summed E-state index contributed by atoms with van der Waals surface area (Å²) in [5.74, 6) is -0.321. The highest BCUT2D eigenvalue weighted by atomic mass is 16.3. The van der Waals surface area contributed by atoms with Crippen LogP contribution in [0.4, 0.5) is 0 Å². The zero-order valence-corrected chi connectivity index (χ0v) is 12.7. The summed E-state index contributed by atoms with van der Waals surface area (Å²) in [5, 5.41) is 11.8. The van der Waals surface area contributed by atoms with Crippen LogP contribution in [0.1, 0.15) is 36.7 Å². The van der Waals surface area contributed by atoms with Gasteiger partial charge in [0.1, 0.15) is 6.04 Å². The molecule has 0 radical (unpaired) electrons. The minimum atomic E-state index is -0.529. The molecule has 0 unspecified atom stereocenters. The zero-order chi connectivity index (χ0) is 15.6. The molecular weight excluding hydrogens is 268 g/mol. The molecule has 0 bridgehead atoms. The average molecular weight is 290 g/mol. The summed E-state index contributed by atoms with van der Waals surface area (Å²) in [7, 11) is 0. The second-order valence-corrected chi connectivity index (χ2v) is 5.87. The second-order valence-electron chi connectivity index (χ2n) is 5.87. The Hall–Kier alpha value is -1.88. The molecule has 5 nitrogen and oxygen atoms in total. The molecule has 0 saturated heterocycles. The van der Waals surface area contributed by atoms with E-state index in [2.05, 4.69) is 5.32 Å². The highest BCUT2D eigenvalue weighted by Crippen LogP contribution is 2.27. The predicted molar refractivity (Wildman–Crippen MR) is 79.6 cm³/mol. The summed E-state index contributed by atoms with van der Waals surface area (Å²) in [6.45, 7) is 5.91. The molecule has 21 heavy (non-hydrogen) atoms. The van der Waals surface area contributed by atoms with Gasteiger partial charge < -0.3 is 15.3 Å². The van der Waals surface area contributed by atoms with Gasteiger partial charge in [0.2, 0.25) is 5.91 Å². The van der Waals surface area contributed by atoms with E-state index in [1.807, 2.05) is 32.0 Å². The number of amides is 2. The molecule has 0 aromatic heterocycles. The van der Waals surface area contributed by atoms with Crippen LogP contribution in [0.3, 0.4) is 0 Å². The molecule has 2 atom stereocenters. The monoisotopic (exact) mass is 290 g/mol. The Morgan fingerprint density at radius 3 is 2.57 bits per heavy atom. The van der Waals surface area contributed by atoms with Crippen molar-refractivity contribution in [2.45, 2.75) is 39.4 Å². The lowest BCUT2D eigenvalue weighted by Gasteiger charge is -2.30. The van der Waals surface area contributed by atoms with Gasteiger partial charge in [-0.3, -0.25) is 9.59 Å². The molecule has 0 spiro atoms. The molecule has 2 N–H and O–H groups in total. The number of carbonyl (C=O) groups excluding carboxylic acids is 2. The van der Waals surface area contributed by atoms with Crippen molar-refractivity contribution in [2.24, 2.45) is 5.92 Å². The minimum Gasteiger partial charge on any atom is -0.394 e. The van der Waals surface area contributed by atoms with Gasteiger partial charge in [-0.25, -0.2) is 0 Å². The summed E-state index contributed by atoms with van der Waals surface area (Å²) in [4.78, 5) is 26.5. The van der Waals surface area contributed by atoms with Gasteiger partial charge in [-0.2, -0.15) is 0 Å². The van der Waals surface area contributed by atoms with Gasteiger partial charge in [-0.05, 0) is 24.5 Å². The number of nitrogens with zero attached hydrogens (tertiary/aromatic N) is 1. The molecule has 1 aliphatic rings. The van der Waals surface area contributed by atoms with Gasteiger partial charge in [0.25, 0.3) is 5.91 Å². The van der Waals surface area contributed by atoms with Gasteiger partial charge in [-0.15, -0.1) is 0 Å². The number of hydrogen-bond donors (Lipinski definition) is 2. The van der Waals surface area contributed by atoms with Gasteiger partial charge >= 0.3 is 0 Å². The lowest BCUT2D eigenvalue weighted by molar-refractivity contribution is -0.128. The highest BCUT2D eigenvalue weighted by Gasteiger charge is 2.38. The predicted octanol–water partition coefficient (Wildman–Crippen LogP) is 1.16. The van der Waals surface area contributed by atoms with Crippen LogP contribution >= 0.6 is 0 Å². The second kappa shape index (κ2) is 6.26.